The summed E-state index contributed by atoms with van der Waals surface area (Å²) in [5, 5.41) is 17.5. The van der Waals surface area contributed by atoms with E-state index in [4.69, 9.17) is 9.97 Å². The van der Waals surface area contributed by atoms with Gasteiger partial charge < -0.3 is 10.6 Å². The molecule has 80 heavy (non-hydrogen) atoms. The molecule has 5 heteroatoms. The maximum Gasteiger partial charge on any atom is 0.123 e. The highest BCUT2D eigenvalue weighted by atomic mass is 19.1. The molecule has 0 fully saturated rings. The van der Waals surface area contributed by atoms with E-state index in [2.05, 4.69) is 223 Å². The number of rotatable bonds is 17. The third-order valence-corrected chi connectivity index (χ3v) is 14.8. The Hall–Kier alpha value is -8.25. The van der Waals surface area contributed by atoms with Gasteiger partial charge in [-0.05, 0) is 175 Å². The van der Waals surface area contributed by atoms with Crippen LogP contribution in [0.4, 0.5) is 4.39 Å². The summed E-state index contributed by atoms with van der Waals surface area (Å²) in [5.41, 5.74) is 12.5. The van der Waals surface area contributed by atoms with Crippen molar-refractivity contribution in [1.29, 1.82) is 0 Å². The van der Waals surface area contributed by atoms with Gasteiger partial charge in [0.15, 0.2) is 0 Å². The molecular weight excluding hydrogens is 976 g/mol. The molecule has 0 aliphatic rings. The smallest absolute Gasteiger partial charge is 0.123 e. The number of fused-ring (bicyclic) bond motifs is 6. The third-order valence-electron chi connectivity index (χ3n) is 14.8. The third kappa shape index (κ3) is 14.9. The first kappa shape index (κ1) is 59.4. The Kier molecular flexibility index (Phi) is 22.4. The van der Waals surface area contributed by atoms with Crippen LogP contribution in [-0.4, -0.2) is 17.0 Å². The second kappa shape index (κ2) is 30.2. The molecule has 0 saturated heterocycles. The average Bonchev–Trinajstić information content (AvgIpc) is 3.53. The first-order valence-electron chi connectivity index (χ1n) is 28.6. The fourth-order valence-electron chi connectivity index (χ4n) is 10.4. The van der Waals surface area contributed by atoms with E-state index >= 15 is 0 Å². The van der Waals surface area contributed by atoms with Crippen LogP contribution < -0.4 is 10.6 Å². The summed E-state index contributed by atoms with van der Waals surface area (Å²) in [6.45, 7) is 22.7. The van der Waals surface area contributed by atoms with Gasteiger partial charge in [-0.1, -0.05) is 203 Å². The van der Waals surface area contributed by atoms with Crippen molar-refractivity contribution in [2.45, 2.75) is 99.1 Å². The molecule has 2 aromatic heterocycles. The molecule has 0 aliphatic heterocycles. The number of benzene rings is 8. The summed E-state index contributed by atoms with van der Waals surface area (Å²) in [5.74, 6) is 0.139. The van der Waals surface area contributed by atoms with Gasteiger partial charge in [-0.25, -0.2) is 4.39 Å². The highest BCUT2D eigenvalue weighted by Crippen LogP contribution is 2.38. The quantitative estimate of drug-likeness (QED) is 0.0705. The summed E-state index contributed by atoms with van der Waals surface area (Å²) in [6, 6.07) is 68.2. The molecule has 10 aromatic rings. The van der Waals surface area contributed by atoms with Gasteiger partial charge in [0.1, 0.15) is 5.82 Å². The maximum atomic E-state index is 13.3. The van der Waals surface area contributed by atoms with E-state index in [0.717, 1.165) is 53.2 Å². The minimum absolute atomic E-state index is 0.0695. The van der Waals surface area contributed by atoms with E-state index in [0.29, 0.717) is 5.92 Å². The molecule has 2 N–H and O–H groups in total. The summed E-state index contributed by atoms with van der Waals surface area (Å²) in [6.07, 6.45) is 12.8. The Morgan fingerprint density at radius 3 is 1.48 bits per heavy atom. The zero-order valence-corrected chi connectivity index (χ0v) is 48.4. The van der Waals surface area contributed by atoms with Crippen molar-refractivity contribution in [2.75, 3.05) is 7.05 Å². The minimum atomic E-state index is -0.245. The molecule has 3 unspecified atom stereocenters. The van der Waals surface area contributed by atoms with E-state index in [-0.39, 0.29) is 17.9 Å². The molecule has 4 nitrogen and oxygen atoms in total. The molecular formula is C75H81FN4. The van der Waals surface area contributed by atoms with Crippen molar-refractivity contribution in [2.24, 2.45) is 5.92 Å². The number of aromatic nitrogens is 2. The fourth-order valence-corrected chi connectivity index (χ4v) is 10.4. The first-order valence-corrected chi connectivity index (χ1v) is 28.6. The van der Waals surface area contributed by atoms with E-state index in [1.165, 1.54) is 102 Å². The zero-order chi connectivity index (χ0) is 56.8. The van der Waals surface area contributed by atoms with E-state index in [9.17, 15) is 4.39 Å². The first-order chi connectivity index (χ1) is 39.1. The van der Waals surface area contributed by atoms with Crippen molar-refractivity contribution >= 4 is 43.1 Å². The topological polar surface area (TPSA) is 49.8 Å². The molecule has 8 aromatic carbocycles. The number of nitrogens with zero attached hydrogens (tertiary/aromatic N) is 2. The summed E-state index contributed by atoms with van der Waals surface area (Å²) in [7, 11) is 1.96. The van der Waals surface area contributed by atoms with Crippen LogP contribution in [0.1, 0.15) is 122 Å². The number of allylic oxidation sites excluding steroid dienone is 6. The molecule has 0 aliphatic carbocycles. The number of hydrogen-bond acceptors (Lipinski definition) is 4. The number of halogens is 1. The van der Waals surface area contributed by atoms with Crippen molar-refractivity contribution in [3.05, 3.63) is 277 Å². The van der Waals surface area contributed by atoms with Crippen LogP contribution in [0.25, 0.3) is 65.6 Å². The summed E-state index contributed by atoms with van der Waals surface area (Å²) < 4.78 is 13.3. The van der Waals surface area contributed by atoms with Gasteiger partial charge in [0, 0.05) is 22.7 Å². The molecule has 3 atom stereocenters. The highest BCUT2D eigenvalue weighted by molar-refractivity contribution is 6.10. The lowest BCUT2D eigenvalue weighted by atomic mass is 9.89. The Morgan fingerprint density at radius 1 is 0.537 bits per heavy atom. The molecule has 10 rings (SSSR count). The molecule has 0 radical (unpaired) electrons. The minimum Gasteiger partial charge on any atom is -0.376 e. The molecule has 0 spiro atoms. The molecule has 408 valence electrons. The van der Waals surface area contributed by atoms with Crippen molar-refractivity contribution < 1.29 is 4.39 Å². The SMILES string of the molecule is C=CC.C=CCC(CC)/C(NC(c1cccc(-c2ccccc2)n1)c1cc2ccccc2c2ccccc12)=C(\C)CC.CCC/C=C(\C)CC.CNC(c1cccc(-c2ccc(F)cc2)n1)c1cc2ccccc2c2ccccc12. The van der Waals surface area contributed by atoms with E-state index in [1.54, 1.807) is 18.2 Å². The number of hydrogen-bond donors (Lipinski definition) is 2. The predicted octanol–water partition coefficient (Wildman–Crippen LogP) is 20.9. The molecule has 0 saturated carbocycles. The lowest BCUT2D eigenvalue weighted by Gasteiger charge is -2.29. The van der Waals surface area contributed by atoms with Crippen molar-refractivity contribution in [3.63, 3.8) is 0 Å². The van der Waals surface area contributed by atoms with Crippen LogP contribution in [0.5, 0.6) is 0 Å². The second-order valence-electron chi connectivity index (χ2n) is 20.3. The molecule has 0 amide bonds. The second-order valence-corrected chi connectivity index (χ2v) is 20.3. The van der Waals surface area contributed by atoms with Gasteiger partial charge in [-0.3, -0.25) is 9.97 Å². The lowest BCUT2D eigenvalue weighted by Crippen LogP contribution is -2.28. The normalized spacial score (nSPS) is 12.6. The molecule has 2 heterocycles. The van der Waals surface area contributed by atoms with E-state index in [1.807, 2.05) is 44.3 Å². The Labute approximate surface area is 477 Å². The van der Waals surface area contributed by atoms with Crippen LogP contribution in [0.3, 0.4) is 0 Å². The standard InChI is InChI=1S/C37H38N2.C27H21FN2.C8H16.C3H6/c1-5-16-27(7-3)36(26(4)6-2)39-37(35-24-15-23-34(38-35)28-17-9-8-10-18-28)33-25-29-19-11-12-20-30(29)31-21-13-14-22-32(31)33;1-29-27(26-12-6-11-25(30-26)18-13-15-20(28)16-14-18)24-17-19-7-2-3-8-21(19)22-9-4-5-10-23(22)24;1-4-6-7-8(3)5-2;1-3-2/h5,8-15,17-25,27,37,39H,1,6-7,16H2,2-4H3;2-17,27,29H,1H3;7H,4-6H2,1-3H3;3H,1H2,2H3/b36-26-;;8-7+;. The van der Waals surface area contributed by atoms with Crippen molar-refractivity contribution in [1.82, 2.24) is 20.6 Å². The van der Waals surface area contributed by atoms with Gasteiger partial charge in [-0.2, -0.15) is 0 Å². The monoisotopic (exact) mass is 1060 g/mol. The van der Waals surface area contributed by atoms with Gasteiger partial charge in [0.05, 0.1) is 34.9 Å². The number of nitrogens with one attached hydrogen (secondary N) is 2. The van der Waals surface area contributed by atoms with Crippen molar-refractivity contribution in [3.8, 4) is 22.5 Å². The van der Waals surface area contributed by atoms with Gasteiger partial charge in [0.2, 0.25) is 0 Å². The lowest BCUT2D eigenvalue weighted by molar-refractivity contribution is 0.512. The Bertz CT molecular complexity index is 3670. The van der Waals surface area contributed by atoms with Crippen LogP contribution in [0.2, 0.25) is 0 Å². The molecule has 0 bridgehead atoms. The summed E-state index contributed by atoms with van der Waals surface area (Å²) in [4.78, 5) is 10.2. The largest absolute Gasteiger partial charge is 0.376 e. The highest BCUT2D eigenvalue weighted by Gasteiger charge is 2.25. The Morgan fingerprint density at radius 2 is 1.00 bits per heavy atom. The fraction of sp³-hybridized carbons (Fsp3) is 0.227. The number of unbranched alkanes of at least 4 members (excludes halogenated alkanes) is 1. The van der Waals surface area contributed by atoms with Gasteiger partial charge in [-0.15, -0.1) is 13.2 Å². The van der Waals surface area contributed by atoms with Crippen LogP contribution >= 0.6 is 0 Å². The van der Waals surface area contributed by atoms with Gasteiger partial charge >= 0.3 is 0 Å². The zero-order valence-electron chi connectivity index (χ0n) is 48.4. The van der Waals surface area contributed by atoms with Gasteiger partial charge in [0.25, 0.3) is 0 Å². The predicted molar refractivity (Wildman–Crippen MR) is 345 cm³/mol. The van der Waals surface area contributed by atoms with Crippen LogP contribution in [0.15, 0.2) is 248 Å². The summed E-state index contributed by atoms with van der Waals surface area (Å²) >= 11 is 0. The average molecular weight is 1060 g/mol. The number of pyridine rings is 2. The van der Waals surface area contributed by atoms with Crippen LogP contribution in [-0.2, 0) is 0 Å². The maximum absolute atomic E-state index is 13.3. The Balaban J connectivity index is 0.000000199. The van der Waals surface area contributed by atoms with E-state index < -0.39 is 0 Å². The van der Waals surface area contributed by atoms with Crippen LogP contribution in [0, 0.1) is 11.7 Å².